The van der Waals surface area contributed by atoms with Gasteiger partial charge in [-0.05, 0) is 36.0 Å². The minimum atomic E-state index is -3.52. The maximum absolute atomic E-state index is 12.5. The highest BCUT2D eigenvalue weighted by molar-refractivity contribution is 7.88. The molecule has 0 aliphatic heterocycles. The molecular formula is C23H32N2O3S. The second-order valence-corrected chi connectivity index (χ2v) is 10.7. The van der Waals surface area contributed by atoms with E-state index >= 15 is 0 Å². The lowest BCUT2D eigenvalue weighted by molar-refractivity contribution is -0.122. The summed E-state index contributed by atoms with van der Waals surface area (Å²) in [5, 5.41) is 2.91. The molecule has 2 aromatic carbocycles. The fourth-order valence-electron chi connectivity index (χ4n) is 2.99. The lowest BCUT2D eigenvalue weighted by Gasteiger charge is -2.22. The van der Waals surface area contributed by atoms with Crippen molar-refractivity contribution in [1.82, 2.24) is 9.62 Å². The fourth-order valence-corrected chi connectivity index (χ4v) is 3.73. The van der Waals surface area contributed by atoms with Gasteiger partial charge >= 0.3 is 0 Å². The highest BCUT2D eigenvalue weighted by Gasteiger charge is 2.22. The molecule has 0 bridgehead atoms. The molecule has 0 heterocycles. The minimum Gasteiger partial charge on any atom is -0.348 e. The zero-order valence-electron chi connectivity index (χ0n) is 18.2. The van der Waals surface area contributed by atoms with Crippen LogP contribution in [0, 0.1) is 6.92 Å². The van der Waals surface area contributed by atoms with Gasteiger partial charge in [-0.2, -0.15) is 4.31 Å². The van der Waals surface area contributed by atoms with Crippen LogP contribution >= 0.6 is 0 Å². The van der Waals surface area contributed by atoms with Crippen LogP contribution in [-0.2, 0) is 26.8 Å². The van der Waals surface area contributed by atoms with Crippen LogP contribution in [0.1, 0.15) is 56.0 Å². The Kier molecular flexibility index (Phi) is 7.25. The summed E-state index contributed by atoms with van der Waals surface area (Å²) in [5.41, 5.74) is 4.22. The van der Waals surface area contributed by atoms with Crippen LogP contribution < -0.4 is 5.32 Å². The Bertz CT molecular complexity index is 928. The third-order valence-corrected chi connectivity index (χ3v) is 6.12. The van der Waals surface area contributed by atoms with Crippen molar-refractivity contribution in [2.45, 2.75) is 52.6 Å². The topological polar surface area (TPSA) is 66.5 Å². The van der Waals surface area contributed by atoms with Crippen molar-refractivity contribution in [3.63, 3.8) is 0 Å². The van der Waals surface area contributed by atoms with E-state index in [9.17, 15) is 13.2 Å². The van der Waals surface area contributed by atoms with Crippen LogP contribution in [0.15, 0.2) is 48.5 Å². The molecular weight excluding hydrogens is 384 g/mol. The van der Waals surface area contributed by atoms with Gasteiger partial charge in [0.25, 0.3) is 0 Å². The van der Waals surface area contributed by atoms with Gasteiger partial charge in [0.1, 0.15) is 0 Å². The predicted octanol–water partition coefficient (Wildman–Crippen LogP) is 3.93. The molecule has 158 valence electrons. The maximum atomic E-state index is 12.5. The third kappa shape index (κ3) is 6.98. The first kappa shape index (κ1) is 23.1. The van der Waals surface area contributed by atoms with Crippen LogP contribution in [-0.4, -0.2) is 31.4 Å². The molecule has 1 N–H and O–H groups in total. The molecule has 5 nitrogen and oxygen atoms in total. The van der Waals surface area contributed by atoms with Crippen molar-refractivity contribution < 1.29 is 13.2 Å². The van der Waals surface area contributed by atoms with Crippen molar-refractivity contribution in [2.75, 3.05) is 12.8 Å². The van der Waals surface area contributed by atoms with Crippen molar-refractivity contribution in [3.05, 3.63) is 70.8 Å². The first-order chi connectivity index (χ1) is 13.4. The molecule has 0 aromatic heterocycles. The molecule has 0 fully saturated rings. The van der Waals surface area contributed by atoms with Gasteiger partial charge in [-0.15, -0.1) is 0 Å². The second-order valence-electron chi connectivity index (χ2n) is 8.68. The van der Waals surface area contributed by atoms with E-state index in [1.807, 2.05) is 50.2 Å². The summed E-state index contributed by atoms with van der Waals surface area (Å²) in [6.45, 7) is 10.3. The molecule has 0 aliphatic rings. The second kappa shape index (κ2) is 9.09. The smallest absolute Gasteiger partial charge is 0.235 e. The molecule has 1 atom stereocenters. The number of carbonyl (C=O) groups is 1. The van der Waals surface area contributed by atoms with Crippen LogP contribution in [0.4, 0.5) is 0 Å². The van der Waals surface area contributed by atoms with Crippen LogP contribution in [0.3, 0.4) is 0 Å². The summed E-state index contributed by atoms with van der Waals surface area (Å²) < 4.78 is 25.5. The number of hydrogen-bond donors (Lipinski definition) is 1. The highest BCUT2D eigenvalue weighted by atomic mass is 32.2. The van der Waals surface area contributed by atoms with E-state index in [1.165, 1.54) is 9.87 Å². The van der Waals surface area contributed by atoms with Crippen LogP contribution in [0.25, 0.3) is 0 Å². The zero-order valence-corrected chi connectivity index (χ0v) is 19.0. The standard InChI is InChI=1S/C23H32N2O3S/c1-17-7-9-19(10-8-17)15-25(29(6,27)28)16-22(26)24-18(2)20-11-13-21(14-12-20)23(3,4)5/h7-14,18H,15-16H2,1-6H3,(H,24,26)/t18-/m0/s1. The molecule has 0 saturated carbocycles. The summed E-state index contributed by atoms with van der Waals surface area (Å²) in [7, 11) is -3.52. The molecule has 0 aliphatic carbocycles. The molecule has 2 aromatic rings. The van der Waals surface area contributed by atoms with Gasteiger partial charge in [-0.25, -0.2) is 8.42 Å². The van der Waals surface area contributed by atoms with Crippen LogP contribution in [0.5, 0.6) is 0 Å². The lowest BCUT2D eigenvalue weighted by Crippen LogP contribution is -2.40. The van der Waals surface area contributed by atoms with Crippen molar-refractivity contribution in [3.8, 4) is 0 Å². The molecule has 0 spiro atoms. The van der Waals surface area contributed by atoms with E-state index < -0.39 is 10.0 Å². The van der Waals surface area contributed by atoms with Crippen molar-refractivity contribution >= 4 is 15.9 Å². The molecule has 0 saturated heterocycles. The third-order valence-electron chi connectivity index (χ3n) is 4.92. The van der Waals surface area contributed by atoms with Gasteiger partial charge in [0, 0.05) is 6.54 Å². The number of rotatable bonds is 7. The van der Waals surface area contributed by atoms with Gasteiger partial charge in [0.2, 0.25) is 15.9 Å². The van der Waals surface area contributed by atoms with E-state index in [0.29, 0.717) is 0 Å². The Labute approximate surface area is 175 Å². The zero-order chi connectivity index (χ0) is 21.8. The van der Waals surface area contributed by atoms with E-state index in [2.05, 4.69) is 38.2 Å². The number of benzene rings is 2. The average Bonchev–Trinajstić information content (AvgIpc) is 2.61. The summed E-state index contributed by atoms with van der Waals surface area (Å²) in [4.78, 5) is 12.5. The largest absolute Gasteiger partial charge is 0.348 e. The average molecular weight is 417 g/mol. The molecule has 0 unspecified atom stereocenters. The highest BCUT2D eigenvalue weighted by Crippen LogP contribution is 2.24. The first-order valence-corrected chi connectivity index (χ1v) is 11.6. The van der Waals surface area contributed by atoms with Gasteiger partial charge in [0.05, 0.1) is 18.8 Å². The van der Waals surface area contributed by atoms with E-state index in [1.54, 1.807) is 0 Å². The molecule has 29 heavy (non-hydrogen) atoms. The molecule has 2 rings (SSSR count). The Hall–Kier alpha value is -2.18. The van der Waals surface area contributed by atoms with Crippen LogP contribution in [0.2, 0.25) is 0 Å². The number of aryl methyl sites for hydroxylation is 1. The Morgan fingerprint density at radius 3 is 2.07 bits per heavy atom. The predicted molar refractivity (Wildman–Crippen MR) is 118 cm³/mol. The maximum Gasteiger partial charge on any atom is 0.235 e. The Balaban J connectivity index is 2.04. The molecule has 1 amide bonds. The van der Waals surface area contributed by atoms with Crippen molar-refractivity contribution in [1.29, 1.82) is 0 Å². The lowest BCUT2D eigenvalue weighted by atomic mass is 9.86. The van der Waals surface area contributed by atoms with Gasteiger partial charge < -0.3 is 5.32 Å². The van der Waals surface area contributed by atoms with E-state index in [4.69, 9.17) is 0 Å². The number of nitrogens with one attached hydrogen (secondary N) is 1. The quantitative estimate of drug-likeness (QED) is 0.744. The summed E-state index contributed by atoms with van der Waals surface area (Å²) in [6, 6.07) is 15.6. The van der Waals surface area contributed by atoms with Gasteiger partial charge in [-0.3, -0.25) is 4.79 Å². The summed E-state index contributed by atoms with van der Waals surface area (Å²) in [5.74, 6) is -0.324. The minimum absolute atomic E-state index is 0.0664. The fraction of sp³-hybridized carbons (Fsp3) is 0.435. The monoisotopic (exact) mass is 416 g/mol. The van der Waals surface area contributed by atoms with Gasteiger partial charge in [0.15, 0.2) is 0 Å². The number of nitrogens with zero attached hydrogens (tertiary/aromatic N) is 1. The SMILES string of the molecule is Cc1ccc(CN(CC(=O)N[C@@H](C)c2ccc(C(C)(C)C)cc2)S(C)(=O)=O)cc1. The molecule has 6 heteroatoms. The summed E-state index contributed by atoms with van der Waals surface area (Å²) in [6.07, 6.45) is 1.13. The normalized spacial score (nSPS) is 13.3. The number of amides is 1. The van der Waals surface area contributed by atoms with E-state index in [0.717, 1.165) is 22.9 Å². The molecule has 0 radical (unpaired) electrons. The Morgan fingerprint density at radius 2 is 1.59 bits per heavy atom. The van der Waals surface area contributed by atoms with Gasteiger partial charge in [-0.1, -0.05) is 74.9 Å². The van der Waals surface area contributed by atoms with E-state index in [-0.39, 0.29) is 30.5 Å². The Morgan fingerprint density at radius 1 is 1.03 bits per heavy atom. The first-order valence-electron chi connectivity index (χ1n) is 9.77. The summed E-state index contributed by atoms with van der Waals surface area (Å²) >= 11 is 0. The number of carbonyl (C=O) groups excluding carboxylic acids is 1. The number of hydrogen-bond acceptors (Lipinski definition) is 3. The van der Waals surface area contributed by atoms with Crippen molar-refractivity contribution in [2.24, 2.45) is 0 Å². The number of sulfonamides is 1.